The quantitative estimate of drug-likeness (QED) is 0.791. The monoisotopic (exact) mass is 330 g/mol. The fourth-order valence-corrected chi connectivity index (χ4v) is 2.78. The molecule has 2 atom stereocenters. The normalized spacial score (nSPS) is 21.8. The van der Waals surface area contributed by atoms with Crippen molar-refractivity contribution in [3.63, 3.8) is 0 Å². The van der Waals surface area contributed by atoms with E-state index in [1.54, 1.807) is 6.92 Å². The molecule has 2 rings (SSSR count). The van der Waals surface area contributed by atoms with Crippen molar-refractivity contribution in [2.45, 2.75) is 44.9 Å². The third-order valence-corrected chi connectivity index (χ3v) is 4.12. The molecule has 2 unspecified atom stereocenters. The lowest BCUT2D eigenvalue weighted by Gasteiger charge is -2.26. The van der Waals surface area contributed by atoms with Gasteiger partial charge in [0.15, 0.2) is 0 Å². The second-order valence-corrected chi connectivity index (χ2v) is 6.05. The number of aliphatic hydroxyl groups excluding tert-OH is 1. The number of nitrogens with one attached hydrogen (secondary N) is 2. The lowest BCUT2D eigenvalue weighted by molar-refractivity contribution is -0.137. The summed E-state index contributed by atoms with van der Waals surface area (Å²) in [6.07, 6.45) is -1.50. The molecule has 1 aliphatic rings. The second kappa shape index (κ2) is 7.21. The van der Waals surface area contributed by atoms with Crippen molar-refractivity contribution in [2.75, 3.05) is 11.9 Å². The Morgan fingerprint density at radius 3 is 2.74 bits per heavy atom. The zero-order valence-electron chi connectivity index (χ0n) is 12.9. The van der Waals surface area contributed by atoms with Gasteiger partial charge in [0, 0.05) is 12.2 Å². The summed E-state index contributed by atoms with van der Waals surface area (Å²) >= 11 is 0. The van der Waals surface area contributed by atoms with Crippen LogP contribution < -0.4 is 10.6 Å². The van der Waals surface area contributed by atoms with Crippen LogP contribution in [0, 0.1) is 12.8 Å². The van der Waals surface area contributed by atoms with E-state index in [4.69, 9.17) is 0 Å². The van der Waals surface area contributed by atoms with Crippen molar-refractivity contribution in [3.05, 3.63) is 29.3 Å². The molecule has 1 saturated carbocycles. The summed E-state index contributed by atoms with van der Waals surface area (Å²) in [5.41, 5.74) is -0.101. The molecule has 3 N–H and O–H groups in total. The van der Waals surface area contributed by atoms with Crippen molar-refractivity contribution in [1.29, 1.82) is 0 Å². The predicted molar refractivity (Wildman–Crippen MR) is 81.2 cm³/mol. The lowest BCUT2D eigenvalue weighted by Crippen LogP contribution is -2.35. The van der Waals surface area contributed by atoms with E-state index < -0.39 is 17.8 Å². The zero-order chi connectivity index (χ0) is 17.0. The molecule has 2 amide bonds. The number of hydrogen-bond acceptors (Lipinski definition) is 2. The van der Waals surface area contributed by atoms with Crippen LogP contribution in [0.15, 0.2) is 18.2 Å². The summed E-state index contributed by atoms with van der Waals surface area (Å²) in [6.45, 7) is 2.04. The fourth-order valence-electron chi connectivity index (χ4n) is 2.78. The van der Waals surface area contributed by atoms with E-state index in [0.29, 0.717) is 18.5 Å². The Morgan fingerprint density at radius 1 is 1.35 bits per heavy atom. The standard InChI is InChI=1S/C16H21F3N2O2/c1-10-5-6-12(16(17,18)19)8-14(10)21-15(23)20-9-11-3-2-4-13(22)7-11/h5-6,8,11,13,22H,2-4,7,9H2,1H3,(H2,20,21,23). The summed E-state index contributed by atoms with van der Waals surface area (Å²) in [5.74, 6) is 0.201. The summed E-state index contributed by atoms with van der Waals surface area (Å²) in [5, 5.41) is 14.7. The molecule has 7 heteroatoms. The van der Waals surface area contributed by atoms with Crippen LogP contribution in [0.5, 0.6) is 0 Å². The van der Waals surface area contributed by atoms with Gasteiger partial charge in [-0.3, -0.25) is 0 Å². The Kier molecular flexibility index (Phi) is 5.51. The molecule has 1 aromatic carbocycles. The van der Waals surface area contributed by atoms with E-state index in [1.807, 2.05) is 0 Å². The summed E-state index contributed by atoms with van der Waals surface area (Å²) in [6, 6.07) is 2.71. The van der Waals surface area contributed by atoms with Gasteiger partial charge in [-0.05, 0) is 49.8 Å². The maximum absolute atomic E-state index is 12.7. The molecule has 0 heterocycles. The van der Waals surface area contributed by atoms with Gasteiger partial charge >= 0.3 is 12.2 Å². The predicted octanol–water partition coefficient (Wildman–Crippen LogP) is 3.69. The number of carbonyl (C=O) groups is 1. The molecular weight excluding hydrogens is 309 g/mol. The number of carbonyl (C=O) groups excluding carboxylic acids is 1. The number of hydrogen-bond donors (Lipinski definition) is 3. The molecule has 128 valence electrons. The van der Waals surface area contributed by atoms with E-state index in [2.05, 4.69) is 10.6 Å². The fraction of sp³-hybridized carbons (Fsp3) is 0.562. The topological polar surface area (TPSA) is 61.4 Å². The smallest absolute Gasteiger partial charge is 0.393 e. The first-order valence-corrected chi connectivity index (χ1v) is 7.66. The van der Waals surface area contributed by atoms with E-state index in [0.717, 1.165) is 31.4 Å². The first-order valence-electron chi connectivity index (χ1n) is 7.66. The van der Waals surface area contributed by atoms with Crippen LogP contribution in [0.1, 0.15) is 36.8 Å². The molecule has 1 aromatic rings. The Hall–Kier alpha value is -1.76. The maximum Gasteiger partial charge on any atom is 0.416 e. The molecule has 23 heavy (non-hydrogen) atoms. The van der Waals surface area contributed by atoms with Crippen molar-refractivity contribution in [2.24, 2.45) is 5.92 Å². The molecule has 4 nitrogen and oxygen atoms in total. The van der Waals surface area contributed by atoms with E-state index in [1.165, 1.54) is 6.07 Å². The Morgan fingerprint density at radius 2 is 2.09 bits per heavy atom. The molecule has 1 fully saturated rings. The first-order chi connectivity index (χ1) is 10.8. The van der Waals surface area contributed by atoms with Crippen LogP contribution in [0.4, 0.5) is 23.7 Å². The van der Waals surface area contributed by atoms with E-state index >= 15 is 0 Å². The third-order valence-electron chi connectivity index (χ3n) is 4.12. The summed E-state index contributed by atoms with van der Waals surface area (Å²) in [4.78, 5) is 11.9. The lowest BCUT2D eigenvalue weighted by atomic mass is 9.87. The number of anilines is 1. The molecule has 0 aliphatic heterocycles. The van der Waals surface area contributed by atoms with Gasteiger partial charge in [0.2, 0.25) is 0 Å². The summed E-state index contributed by atoms with van der Waals surface area (Å²) in [7, 11) is 0. The average Bonchev–Trinajstić information content (AvgIpc) is 2.46. The first kappa shape index (κ1) is 17.6. The van der Waals surface area contributed by atoms with Gasteiger partial charge in [-0.25, -0.2) is 4.79 Å². The summed E-state index contributed by atoms with van der Waals surface area (Å²) < 4.78 is 38.1. The highest BCUT2D eigenvalue weighted by molar-refractivity contribution is 5.90. The van der Waals surface area contributed by atoms with Gasteiger partial charge in [0.25, 0.3) is 0 Å². The van der Waals surface area contributed by atoms with Gasteiger partial charge in [-0.15, -0.1) is 0 Å². The minimum absolute atomic E-state index is 0.140. The Bertz CT molecular complexity index is 561. The van der Waals surface area contributed by atoms with E-state index in [9.17, 15) is 23.1 Å². The molecule has 1 aliphatic carbocycles. The highest BCUT2D eigenvalue weighted by Crippen LogP contribution is 2.32. The van der Waals surface area contributed by atoms with Gasteiger partial charge in [0.1, 0.15) is 0 Å². The maximum atomic E-state index is 12.7. The van der Waals surface area contributed by atoms with E-state index in [-0.39, 0.29) is 17.7 Å². The third kappa shape index (κ3) is 5.13. The molecular formula is C16H21F3N2O2. The van der Waals surface area contributed by atoms with Crippen molar-refractivity contribution >= 4 is 11.7 Å². The van der Waals surface area contributed by atoms with Crippen molar-refractivity contribution in [3.8, 4) is 0 Å². The van der Waals surface area contributed by atoms with Crippen LogP contribution in [-0.4, -0.2) is 23.8 Å². The van der Waals surface area contributed by atoms with Crippen LogP contribution in [0.25, 0.3) is 0 Å². The molecule has 0 spiro atoms. The highest BCUT2D eigenvalue weighted by atomic mass is 19.4. The molecule has 0 aromatic heterocycles. The SMILES string of the molecule is Cc1ccc(C(F)(F)F)cc1NC(=O)NCC1CCCC(O)C1. The average molecular weight is 330 g/mol. The zero-order valence-corrected chi connectivity index (χ0v) is 12.9. The van der Waals surface area contributed by atoms with Crippen LogP contribution in [0.3, 0.4) is 0 Å². The minimum atomic E-state index is -4.45. The number of aliphatic hydroxyl groups is 1. The highest BCUT2D eigenvalue weighted by Gasteiger charge is 2.31. The van der Waals surface area contributed by atoms with Gasteiger partial charge in [0.05, 0.1) is 11.7 Å². The number of halogens is 3. The minimum Gasteiger partial charge on any atom is -0.393 e. The van der Waals surface area contributed by atoms with Crippen LogP contribution >= 0.6 is 0 Å². The number of benzene rings is 1. The number of amides is 2. The van der Waals surface area contributed by atoms with Gasteiger partial charge < -0.3 is 15.7 Å². The molecule has 0 bridgehead atoms. The van der Waals surface area contributed by atoms with Crippen molar-refractivity contribution in [1.82, 2.24) is 5.32 Å². The largest absolute Gasteiger partial charge is 0.416 e. The number of rotatable bonds is 3. The van der Waals surface area contributed by atoms with Crippen LogP contribution in [-0.2, 0) is 6.18 Å². The molecule has 0 radical (unpaired) electrons. The van der Waals surface area contributed by atoms with Gasteiger partial charge in [-0.2, -0.15) is 13.2 Å². The molecule has 0 saturated heterocycles. The Labute approximate surface area is 133 Å². The number of aryl methyl sites for hydroxylation is 1. The van der Waals surface area contributed by atoms with Gasteiger partial charge in [-0.1, -0.05) is 12.5 Å². The Balaban J connectivity index is 1.92. The number of urea groups is 1. The van der Waals surface area contributed by atoms with Crippen molar-refractivity contribution < 1.29 is 23.1 Å². The van der Waals surface area contributed by atoms with Crippen LogP contribution in [0.2, 0.25) is 0 Å². The second-order valence-electron chi connectivity index (χ2n) is 6.05. The number of alkyl halides is 3.